The van der Waals surface area contributed by atoms with Crippen molar-refractivity contribution in [3.63, 3.8) is 0 Å². The van der Waals surface area contributed by atoms with Gasteiger partial charge in [-0.2, -0.15) is 0 Å². The predicted octanol–water partition coefficient (Wildman–Crippen LogP) is 3.90. The van der Waals surface area contributed by atoms with Gasteiger partial charge in [0.2, 0.25) is 6.79 Å². The molecule has 0 bridgehead atoms. The number of benzene rings is 1. The van der Waals surface area contributed by atoms with Gasteiger partial charge >= 0.3 is 6.03 Å². The zero-order chi connectivity index (χ0) is 17.4. The minimum atomic E-state index is -0.149. The van der Waals surface area contributed by atoms with Crippen LogP contribution in [0.1, 0.15) is 50.1 Å². The zero-order valence-electron chi connectivity index (χ0n) is 14.3. The van der Waals surface area contributed by atoms with Crippen LogP contribution in [0.5, 0.6) is 11.5 Å². The van der Waals surface area contributed by atoms with Crippen molar-refractivity contribution in [1.29, 1.82) is 0 Å². The number of nitrogens with one attached hydrogen (secondary N) is 1. The second-order valence-corrected chi connectivity index (χ2v) is 6.66. The summed E-state index contributed by atoms with van der Waals surface area (Å²) in [5.74, 6) is 2.39. The number of aromatic nitrogens is 1. The van der Waals surface area contributed by atoms with E-state index in [1.807, 2.05) is 12.1 Å². The quantitative estimate of drug-likeness (QED) is 0.915. The highest BCUT2D eigenvalue weighted by Gasteiger charge is 2.33. The standard InChI is InChI=1S/C18H21N3O4/c1-11(2)13-9-16(25-20-13)14-4-3-7-21(14)18(22)19-12-5-6-15-17(8-12)24-10-23-15/h5-6,8-9,11,14H,3-4,7,10H2,1-2H3,(H,19,22)/t14-/m1/s1. The van der Waals surface area contributed by atoms with Crippen molar-refractivity contribution >= 4 is 11.7 Å². The SMILES string of the molecule is CC(C)c1cc([C@H]2CCCN2C(=O)Nc2ccc3c(c2)OCO3)on1. The maximum absolute atomic E-state index is 12.7. The van der Waals surface area contributed by atoms with Gasteiger partial charge in [0, 0.05) is 24.4 Å². The average Bonchev–Trinajstić information content (AvgIpc) is 3.33. The first-order valence-corrected chi connectivity index (χ1v) is 8.55. The van der Waals surface area contributed by atoms with Crippen molar-refractivity contribution in [2.75, 3.05) is 18.7 Å². The first-order valence-electron chi connectivity index (χ1n) is 8.55. The first kappa shape index (κ1) is 15.8. The van der Waals surface area contributed by atoms with Gasteiger partial charge in [0.15, 0.2) is 17.3 Å². The lowest BCUT2D eigenvalue weighted by molar-refractivity contribution is 0.174. The number of amides is 2. The Balaban J connectivity index is 1.48. The molecular weight excluding hydrogens is 322 g/mol. The third kappa shape index (κ3) is 3.01. The molecule has 1 aromatic carbocycles. The fourth-order valence-corrected chi connectivity index (χ4v) is 3.21. The Hall–Kier alpha value is -2.70. The van der Waals surface area contributed by atoms with E-state index in [0.29, 0.717) is 29.6 Å². The van der Waals surface area contributed by atoms with Crippen LogP contribution in [-0.2, 0) is 0 Å². The Morgan fingerprint density at radius 2 is 2.12 bits per heavy atom. The molecule has 1 fully saturated rings. The van der Waals surface area contributed by atoms with Gasteiger partial charge in [-0.05, 0) is 30.9 Å². The van der Waals surface area contributed by atoms with Gasteiger partial charge in [-0.15, -0.1) is 0 Å². The summed E-state index contributed by atoms with van der Waals surface area (Å²) in [5.41, 5.74) is 1.60. The molecule has 1 aromatic heterocycles. The maximum Gasteiger partial charge on any atom is 0.322 e. The lowest BCUT2D eigenvalue weighted by atomic mass is 10.1. The van der Waals surface area contributed by atoms with Gasteiger partial charge in [-0.3, -0.25) is 0 Å². The van der Waals surface area contributed by atoms with E-state index in [9.17, 15) is 4.79 Å². The van der Waals surface area contributed by atoms with Crippen LogP contribution in [0.15, 0.2) is 28.8 Å². The molecule has 2 amide bonds. The smallest absolute Gasteiger partial charge is 0.322 e. The van der Waals surface area contributed by atoms with E-state index in [1.54, 1.807) is 17.0 Å². The number of rotatable bonds is 3. The second kappa shape index (κ2) is 6.31. The summed E-state index contributed by atoms with van der Waals surface area (Å²) in [5, 5.41) is 7.05. The Morgan fingerprint density at radius 1 is 1.28 bits per heavy atom. The number of carbonyl (C=O) groups is 1. The van der Waals surface area contributed by atoms with Gasteiger partial charge in [0.25, 0.3) is 0 Å². The highest BCUT2D eigenvalue weighted by molar-refractivity contribution is 5.90. The zero-order valence-corrected chi connectivity index (χ0v) is 14.3. The third-order valence-electron chi connectivity index (χ3n) is 4.60. The summed E-state index contributed by atoms with van der Waals surface area (Å²) in [7, 11) is 0. The molecule has 1 N–H and O–H groups in total. The van der Waals surface area contributed by atoms with Gasteiger partial charge in [-0.25, -0.2) is 4.79 Å². The number of hydrogen-bond donors (Lipinski definition) is 1. The molecule has 3 heterocycles. The van der Waals surface area contributed by atoms with Crippen molar-refractivity contribution in [3.8, 4) is 11.5 Å². The normalized spacial score (nSPS) is 18.8. The number of urea groups is 1. The number of fused-ring (bicyclic) bond motifs is 1. The Labute approximate surface area is 145 Å². The highest BCUT2D eigenvalue weighted by atomic mass is 16.7. The van der Waals surface area contributed by atoms with Gasteiger partial charge < -0.3 is 24.2 Å². The molecule has 0 spiro atoms. The summed E-state index contributed by atoms with van der Waals surface area (Å²) in [6.07, 6.45) is 1.82. The summed E-state index contributed by atoms with van der Waals surface area (Å²) < 4.78 is 16.1. The van der Waals surface area contributed by atoms with E-state index < -0.39 is 0 Å². The molecule has 25 heavy (non-hydrogen) atoms. The van der Waals surface area contributed by atoms with Gasteiger partial charge in [0.05, 0.1) is 11.7 Å². The molecule has 0 saturated carbocycles. The van der Waals surface area contributed by atoms with E-state index in [-0.39, 0.29) is 18.9 Å². The van der Waals surface area contributed by atoms with Crippen molar-refractivity contribution in [2.45, 2.75) is 38.6 Å². The van der Waals surface area contributed by atoms with Gasteiger partial charge in [0.1, 0.15) is 0 Å². The topological polar surface area (TPSA) is 76.8 Å². The predicted molar refractivity (Wildman–Crippen MR) is 90.9 cm³/mol. The van der Waals surface area contributed by atoms with E-state index >= 15 is 0 Å². The molecule has 0 aliphatic carbocycles. The molecular formula is C18H21N3O4. The molecule has 1 saturated heterocycles. The summed E-state index contributed by atoms with van der Waals surface area (Å²) >= 11 is 0. The molecule has 2 aromatic rings. The molecule has 1 atom stereocenters. The molecule has 7 heteroatoms. The van der Waals surface area contributed by atoms with Crippen molar-refractivity contribution in [2.24, 2.45) is 0 Å². The van der Waals surface area contributed by atoms with E-state index in [4.69, 9.17) is 14.0 Å². The average molecular weight is 343 g/mol. The Kier molecular flexibility index (Phi) is 3.99. The first-order chi connectivity index (χ1) is 12.1. The monoisotopic (exact) mass is 343 g/mol. The van der Waals surface area contributed by atoms with Crippen LogP contribution < -0.4 is 14.8 Å². The fraction of sp³-hybridized carbons (Fsp3) is 0.444. The Bertz CT molecular complexity index is 786. The molecule has 2 aliphatic rings. The Morgan fingerprint density at radius 3 is 2.92 bits per heavy atom. The summed E-state index contributed by atoms with van der Waals surface area (Å²) in [4.78, 5) is 14.5. The van der Waals surface area contributed by atoms with E-state index in [1.165, 1.54) is 0 Å². The van der Waals surface area contributed by atoms with Crippen LogP contribution in [0.3, 0.4) is 0 Å². The lowest BCUT2D eigenvalue weighted by Gasteiger charge is -2.23. The maximum atomic E-state index is 12.7. The highest BCUT2D eigenvalue weighted by Crippen LogP contribution is 2.36. The van der Waals surface area contributed by atoms with Crippen LogP contribution in [0.25, 0.3) is 0 Å². The van der Waals surface area contributed by atoms with Crippen molar-refractivity contribution < 1.29 is 18.8 Å². The number of nitrogens with zero attached hydrogens (tertiary/aromatic N) is 2. The largest absolute Gasteiger partial charge is 0.454 e. The molecule has 132 valence electrons. The summed E-state index contributed by atoms with van der Waals surface area (Å²) in [6, 6.07) is 7.11. The van der Waals surface area contributed by atoms with E-state index in [2.05, 4.69) is 24.3 Å². The number of hydrogen-bond acceptors (Lipinski definition) is 5. The molecule has 0 radical (unpaired) electrons. The number of ether oxygens (including phenoxy) is 2. The van der Waals surface area contributed by atoms with Crippen LogP contribution >= 0.6 is 0 Å². The fourth-order valence-electron chi connectivity index (χ4n) is 3.21. The van der Waals surface area contributed by atoms with E-state index in [0.717, 1.165) is 24.3 Å². The third-order valence-corrected chi connectivity index (χ3v) is 4.60. The second-order valence-electron chi connectivity index (χ2n) is 6.66. The summed E-state index contributed by atoms with van der Waals surface area (Å²) in [6.45, 7) is 5.05. The van der Waals surface area contributed by atoms with Crippen LogP contribution in [-0.4, -0.2) is 29.4 Å². The molecule has 2 aliphatic heterocycles. The number of anilines is 1. The minimum Gasteiger partial charge on any atom is -0.454 e. The van der Waals surface area contributed by atoms with Crippen LogP contribution in [0.2, 0.25) is 0 Å². The molecule has 0 unspecified atom stereocenters. The number of likely N-dealkylation sites (tertiary alicyclic amines) is 1. The van der Waals surface area contributed by atoms with Gasteiger partial charge in [-0.1, -0.05) is 19.0 Å². The van der Waals surface area contributed by atoms with Crippen molar-refractivity contribution in [1.82, 2.24) is 10.1 Å². The minimum absolute atomic E-state index is 0.0750. The van der Waals surface area contributed by atoms with Crippen LogP contribution in [0, 0.1) is 0 Å². The van der Waals surface area contributed by atoms with Crippen molar-refractivity contribution in [3.05, 3.63) is 35.7 Å². The number of carbonyl (C=O) groups excluding carboxylic acids is 1. The lowest BCUT2D eigenvalue weighted by Crippen LogP contribution is -2.34. The molecule has 7 nitrogen and oxygen atoms in total. The molecule has 4 rings (SSSR count). The van der Waals surface area contributed by atoms with Crippen LogP contribution in [0.4, 0.5) is 10.5 Å².